The van der Waals surface area contributed by atoms with Crippen molar-refractivity contribution >= 4 is 5.91 Å². The van der Waals surface area contributed by atoms with E-state index in [2.05, 4.69) is 25.5 Å². The average Bonchev–Trinajstić information content (AvgIpc) is 3.29. The predicted octanol–water partition coefficient (Wildman–Crippen LogP) is 2.55. The minimum Gasteiger partial charge on any atom is -0.340 e. The van der Waals surface area contributed by atoms with Crippen LogP contribution in [0, 0.1) is 12.8 Å². The Morgan fingerprint density at radius 3 is 3.00 bits per heavy atom. The van der Waals surface area contributed by atoms with Crippen LogP contribution in [0.15, 0.2) is 36.9 Å². The van der Waals surface area contributed by atoms with Crippen LogP contribution in [0.3, 0.4) is 0 Å². The zero-order valence-electron chi connectivity index (χ0n) is 13.4. The highest BCUT2D eigenvalue weighted by Gasteiger charge is 2.46. The van der Waals surface area contributed by atoms with Crippen LogP contribution in [0.2, 0.25) is 0 Å². The highest BCUT2D eigenvalue weighted by atomic mass is 16.2. The summed E-state index contributed by atoms with van der Waals surface area (Å²) in [4.78, 5) is 23.4. The maximum Gasteiger partial charge on any atom is 0.226 e. The summed E-state index contributed by atoms with van der Waals surface area (Å²) in [5, 5.41) is 0. The second kappa shape index (κ2) is 5.80. The van der Waals surface area contributed by atoms with Gasteiger partial charge in [0.05, 0.1) is 6.04 Å². The Kier molecular flexibility index (Phi) is 3.63. The lowest BCUT2D eigenvalue weighted by atomic mass is 10.0. The average molecular weight is 310 g/mol. The van der Waals surface area contributed by atoms with Crippen molar-refractivity contribution in [3.63, 3.8) is 0 Å². The molecule has 23 heavy (non-hydrogen) atoms. The van der Waals surface area contributed by atoms with Crippen LogP contribution in [-0.2, 0) is 4.79 Å². The van der Waals surface area contributed by atoms with Crippen molar-refractivity contribution in [3.8, 4) is 0 Å². The largest absolute Gasteiger partial charge is 0.340 e. The van der Waals surface area contributed by atoms with Crippen LogP contribution in [-0.4, -0.2) is 38.4 Å². The summed E-state index contributed by atoms with van der Waals surface area (Å²) in [5.41, 5.74) is 1.20. The van der Waals surface area contributed by atoms with Gasteiger partial charge in [0.1, 0.15) is 5.82 Å². The molecule has 1 aliphatic heterocycles. The van der Waals surface area contributed by atoms with E-state index in [9.17, 15) is 4.79 Å². The minimum atomic E-state index is 0.154. The molecule has 0 radical (unpaired) electrons. The van der Waals surface area contributed by atoms with E-state index in [4.69, 9.17) is 0 Å². The molecule has 5 nitrogen and oxygen atoms in total. The molecule has 0 bridgehead atoms. The zero-order chi connectivity index (χ0) is 15.8. The van der Waals surface area contributed by atoms with Crippen molar-refractivity contribution in [1.29, 1.82) is 0 Å². The number of amides is 1. The fourth-order valence-corrected chi connectivity index (χ4v) is 3.82. The molecule has 0 unspecified atom stereocenters. The molecule has 5 heteroatoms. The van der Waals surface area contributed by atoms with Gasteiger partial charge in [0.15, 0.2) is 0 Å². The fourth-order valence-electron chi connectivity index (χ4n) is 3.82. The fraction of sp³-hybridized carbons (Fsp3) is 0.500. The molecule has 1 amide bonds. The van der Waals surface area contributed by atoms with Gasteiger partial charge in [-0.1, -0.05) is 6.07 Å². The quantitative estimate of drug-likeness (QED) is 0.875. The van der Waals surface area contributed by atoms with Gasteiger partial charge in [0, 0.05) is 43.8 Å². The minimum absolute atomic E-state index is 0.154. The first-order valence-corrected chi connectivity index (χ1v) is 8.42. The van der Waals surface area contributed by atoms with E-state index in [1.54, 1.807) is 6.20 Å². The number of carbonyl (C=O) groups excluding carboxylic acids is 1. The van der Waals surface area contributed by atoms with E-state index >= 15 is 0 Å². The Morgan fingerprint density at radius 2 is 2.26 bits per heavy atom. The number of nitrogens with zero attached hydrogens (tertiary/aromatic N) is 4. The molecule has 2 aromatic rings. The lowest BCUT2D eigenvalue weighted by Gasteiger charge is -2.34. The van der Waals surface area contributed by atoms with Crippen molar-refractivity contribution in [2.45, 2.75) is 38.1 Å². The summed E-state index contributed by atoms with van der Waals surface area (Å²) >= 11 is 0. The van der Waals surface area contributed by atoms with Gasteiger partial charge in [0.25, 0.3) is 0 Å². The van der Waals surface area contributed by atoms with Gasteiger partial charge in [-0.3, -0.25) is 9.78 Å². The number of aromatic nitrogens is 3. The Hall–Kier alpha value is -2.17. The molecule has 4 rings (SSSR count). The van der Waals surface area contributed by atoms with E-state index in [0.717, 1.165) is 38.2 Å². The first-order valence-electron chi connectivity index (χ1n) is 8.42. The molecule has 0 N–H and O–H groups in total. The third-order valence-corrected chi connectivity index (χ3v) is 5.18. The number of hydrogen-bond donors (Lipinski definition) is 0. The van der Waals surface area contributed by atoms with Crippen LogP contribution in [0.1, 0.15) is 42.6 Å². The van der Waals surface area contributed by atoms with Crippen LogP contribution < -0.4 is 0 Å². The van der Waals surface area contributed by atoms with Crippen molar-refractivity contribution in [2.75, 3.05) is 13.1 Å². The third-order valence-electron chi connectivity index (χ3n) is 5.18. The van der Waals surface area contributed by atoms with Crippen LogP contribution >= 0.6 is 0 Å². The third kappa shape index (κ3) is 2.76. The van der Waals surface area contributed by atoms with Gasteiger partial charge in [-0.25, -0.2) is 4.98 Å². The highest BCUT2D eigenvalue weighted by Crippen LogP contribution is 2.48. The Bertz CT molecular complexity index is 696. The van der Waals surface area contributed by atoms with E-state index in [1.165, 1.54) is 5.56 Å². The lowest BCUT2D eigenvalue weighted by molar-refractivity contribution is -0.134. The van der Waals surface area contributed by atoms with Gasteiger partial charge in [-0.2, -0.15) is 0 Å². The topological polar surface area (TPSA) is 51.0 Å². The van der Waals surface area contributed by atoms with Crippen molar-refractivity contribution in [2.24, 2.45) is 5.92 Å². The van der Waals surface area contributed by atoms with E-state index in [0.29, 0.717) is 17.9 Å². The number of carbonyl (C=O) groups is 1. The van der Waals surface area contributed by atoms with Gasteiger partial charge in [-0.15, -0.1) is 0 Å². The summed E-state index contributed by atoms with van der Waals surface area (Å²) in [6.45, 7) is 3.73. The first kappa shape index (κ1) is 14.4. The summed E-state index contributed by atoms with van der Waals surface area (Å²) in [6.07, 6.45) is 10.7. The highest BCUT2D eigenvalue weighted by molar-refractivity contribution is 5.83. The predicted molar refractivity (Wildman–Crippen MR) is 86.9 cm³/mol. The smallest absolute Gasteiger partial charge is 0.226 e. The molecule has 1 aliphatic carbocycles. The molecule has 2 aliphatic rings. The van der Waals surface area contributed by atoms with Gasteiger partial charge in [-0.05, 0) is 43.7 Å². The van der Waals surface area contributed by atoms with Crippen molar-refractivity contribution in [1.82, 2.24) is 19.4 Å². The Morgan fingerprint density at radius 1 is 1.35 bits per heavy atom. The summed E-state index contributed by atoms with van der Waals surface area (Å²) in [5.74, 6) is 1.87. The number of piperidine rings is 1. The number of imidazole rings is 1. The monoisotopic (exact) mass is 310 g/mol. The second-order valence-electron chi connectivity index (χ2n) is 6.70. The number of likely N-dealkylation sites (tertiary alicyclic amines) is 1. The van der Waals surface area contributed by atoms with Gasteiger partial charge in [0.2, 0.25) is 5.91 Å². The zero-order valence-corrected chi connectivity index (χ0v) is 13.4. The number of aryl methyl sites for hydroxylation is 1. The molecule has 0 aromatic carbocycles. The SMILES string of the molecule is Cc1nccn1[C@@H]1CCCN(C(=O)[C@@H]2C[C@H]2c2cccnc2)C1. The molecule has 3 atom stereocenters. The second-order valence-corrected chi connectivity index (χ2v) is 6.70. The number of hydrogen-bond acceptors (Lipinski definition) is 3. The molecular formula is C18H22N4O. The van der Waals surface area contributed by atoms with Gasteiger partial charge < -0.3 is 9.47 Å². The Labute approximate surface area is 136 Å². The number of pyridine rings is 1. The standard InChI is InChI=1S/C18H22N4O/c1-13-20-7-9-22(13)15-5-3-8-21(12-15)18(23)17-10-16(17)14-4-2-6-19-11-14/h2,4,6-7,9,11,15-17H,3,5,8,10,12H2,1H3/t15-,16+,17-/m1/s1. The van der Waals surface area contributed by atoms with E-state index in [-0.39, 0.29) is 5.92 Å². The maximum atomic E-state index is 12.8. The molecule has 0 spiro atoms. The summed E-state index contributed by atoms with van der Waals surface area (Å²) < 4.78 is 2.21. The van der Waals surface area contributed by atoms with E-state index < -0.39 is 0 Å². The van der Waals surface area contributed by atoms with Crippen molar-refractivity contribution < 1.29 is 4.79 Å². The molecule has 2 aromatic heterocycles. The summed E-state index contributed by atoms with van der Waals surface area (Å²) in [6, 6.07) is 4.40. The normalized spacial score (nSPS) is 27.0. The lowest BCUT2D eigenvalue weighted by Crippen LogP contribution is -2.41. The molecule has 120 valence electrons. The Balaban J connectivity index is 1.42. The van der Waals surface area contributed by atoms with E-state index in [1.807, 2.05) is 31.6 Å². The molecule has 1 saturated carbocycles. The molecule has 3 heterocycles. The first-order chi connectivity index (χ1) is 11.2. The van der Waals surface area contributed by atoms with Crippen LogP contribution in [0.4, 0.5) is 0 Å². The molecule has 2 fully saturated rings. The number of rotatable bonds is 3. The molecule has 1 saturated heterocycles. The van der Waals surface area contributed by atoms with Crippen molar-refractivity contribution in [3.05, 3.63) is 48.3 Å². The summed E-state index contributed by atoms with van der Waals surface area (Å²) in [7, 11) is 0. The van der Waals surface area contributed by atoms with Crippen LogP contribution in [0.5, 0.6) is 0 Å². The van der Waals surface area contributed by atoms with Crippen LogP contribution in [0.25, 0.3) is 0 Å². The maximum absolute atomic E-state index is 12.8. The van der Waals surface area contributed by atoms with Gasteiger partial charge >= 0.3 is 0 Å². The molecular weight excluding hydrogens is 288 g/mol.